The first-order chi connectivity index (χ1) is 14.6. The molecule has 4 rings (SSSR count). The van der Waals surface area contributed by atoms with Crippen LogP contribution in [0.3, 0.4) is 0 Å². The first kappa shape index (κ1) is 24.1. The maximum atomic E-state index is 10.4. The summed E-state index contributed by atoms with van der Waals surface area (Å²) >= 11 is 0. The van der Waals surface area contributed by atoms with Gasteiger partial charge in [-0.05, 0) is 122 Å². The second-order valence-corrected chi connectivity index (χ2v) is 13.8. The predicted molar refractivity (Wildman–Crippen MR) is 133 cm³/mol. The second-order valence-electron chi connectivity index (χ2n) is 13.8. The van der Waals surface area contributed by atoms with E-state index in [0.29, 0.717) is 10.8 Å². The molecule has 31 heavy (non-hydrogen) atoms. The SMILES string of the molecule is CC[C@H](CC[C@@H](C)[C@H]1CCC2[C@@H]3C(C)C[C@@H]4C[C@H](O)CC[C@]4(C)C3CC[C@@]21C)C(C)C. The van der Waals surface area contributed by atoms with Crippen LogP contribution in [0.15, 0.2) is 0 Å². The maximum absolute atomic E-state index is 10.4. The molecule has 4 aliphatic carbocycles. The Balaban J connectivity index is 1.49. The van der Waals surface area contributed by atoms with E-state index in [1.807, 2.05) is 0 Å². The van der Waals surface area contributed by atoms with Crippen molar-refractivity contribution in [3.63, 3.8) is 0 Å². The van der Waals surface area contributed by atoms with Gasteiger partial charge >= 0.3 is 0 Å². The molecule has 0 radical (unpaired) electrons. The molecule has 0 amide bonds. The van der Waals surface area contributed by atoms with E-state index < -0.39 is 0 Å². The molecule has 3 unspecified atom stereocenters. The van der Waals surface area contributed by atoms with Crippen molar-refractivity contribution in [2.45, 2.75) is 125 Å². The van der Waals surface area contributed by atoms with Gasteiger partial charge in [-0.15, -0.1) is 0 Å². The van der Waals surface area contributed by atoms with E-state index in [-0.39, 0.29) is 6.10 Å². The summed E-state index contributed by atoms with van der Waals surface area (Å²) < 4.78 is 0. The van der Waals surface area contributed by atoms with Gasteiger partial charge in [0.1, 0.15) is 0 Å². The Labute approximate surface area is 194 Å². The van der Waals surface area contributed by atoms with E-state index in [1.165, 1.54) is 57.8 Å². The molecule has 0 heterocycles. The molecule has 1 N–H and O–H groups in total. The van der Waals surface area contributed by atoms with Crippen molar-refractivity contribution >= 4 is 0 Å². The molecule has 0 aromatic heterocycles. The topological polar surface area (TPSA) is 20.2 Å². The summed E-state index contributed by atoms with van der Waals surface area (Å²) in [4.78, 5) is 0. The first-order valence-electron chi connectivity index (χ1n) is 14.3. The fourth-order valence-electron chi connectivity index (χ4n) is 10.3. The smallest absolute Gasteiger partial charge is 0.0543 e. The maximum Gasteiger partial charge on any atom is 0.0543 e. The molecule has 0 spiro atoms. The molecule has 11 atom stereocenters. The van der Waals surface area contributed by atoms with Crippen molar-refractivity contribution in [1.29, 1.82) is 0 Å². The highest BCUT2D eigenvalue weighted by Crippen LogP contribution is 2.69. The van der Waals surface area contributed by atoms with Crippen LogP contribution in [0.2, 0.25) is 0 Å². The van der Waals surface area contributed by atoms with Gasteiger partial charge in [0.2, 0.25) is 0 Å². The third-order valence-electron chi connectivity index (χ3n) is 12.2. The third-order valence-corrected chi connectivity index (χ3v) is 12.2. The van der Waals surface area contributed by atoms with Crippen LogP contribution in [0.25, 0.3) is 0 Å². The molecule has 0 bridgehead atoms. The van der Waals surface area contributed by atoms with Gasteiger partial charge < -0.3 is 5.11 Å². The van der Waals surface area contributed by atoms with Gasteiger partial charge in [0.05, 0.1) is 6.10 Å². The number of aliphatic hydroxyl groups excluding tert-OH is 1. The number of hydrogen-bond acceptors (Lipinski definition) is 1. The van der Waals surface area contributed by atoms with E-state index in [4.69, 9.17) is 0 Å². The van der Waals surface area contributed by atoms with Gasteiger partial charge in [0.25, 0.3) is 0 Å². The van der Waals surface area contributed by atoms with Gasteiger partial charge in [-0.1, -0.05) is 61.3 Å². The van der Waals surface area contributed by atoms with Crippen LogP contribution in [-0.4, -0.2) is 11.2 Å². The van der Waals surface area contributed by atoms with E-state index in [1.54, 1.807) is 0 Å². The summed E-state index contributed by atoms with van der Waals surface area (Å²) in [6.45, 7) is 17.8. The molecule has 4 fully saturated rings. The van der Waals surface area contributed by atoms with Crippen molar-refractivity contribution in [3.8, 4) is 0 Å². The van der Waals surface area contributed by atoms with E-state index in [0.717, 1.165) is 66.1 Å². The largest absolute Gasteiger partial charge is 0.393 e. The molecule has 0 aliphatic heterocycles. The van der Waals surface area contributed by atoms with Gasteiger partial charge in [-0.2, -0.15) is 0 Å². The van der Waals surface area contributed by atoms with Gasteiger partial charge in [0, 0.05) is 0 Å². The van der Waals surface area contributed by atoms with Crippen molar-refractivity contribution < 1.29 is 5.11 Å². The molecular formula is C30H54O. The fraction of sp³-hybridized carbons (Fsp3) is 1.00. The van der Waals surface area contributed by atoms with Crippen LogP contribution in [0.5, 0.6) is 0 Å². The highest BCUT2D eigenvalue weighted by molar-refractivity contribution is 5.11. The highest BCUT2D eigenvalue weighted by atomic mass is 16.3. The Hall–Kier alpha value is -0.0400. The van der Waals surface area contributed by atoms with Crippen LogP contribution in [0.4, 0.5) is 0 Å². The van der Waals surface area contributed by atoms with Crippen molar-refractivity contribution in [3.05, 3.63) is 0 Å². The number of rotatable bonds is 6. The lowest BCUT2D eigenvalue weighted by molar-refractivity contribution is -0.150. The average molecular weight is 431 g/mol. The zero-order valence-corrected chi connectivity index (χ0v) is 22.0. The molecule has 1 heteroatoms. The monoisotopic (exact) mass is 430 g/mol. The summed E-state index contributed by atoms with van der Waals surface area (Å²) in [5.74, 6) is 8.07. The zero-order valence-electron chi connectivity index (χ0n) is 22.0. The summed E-state index contributed by atoms with van der Waals surface area (Å²) in [5, 5.41) is 10.4. The van der Waals surface area contributed by atoms with Crippen LogP contribution >= 0.6 is 0 Å². The van der Waals surface area contributed by atoms with Crippen molar-refractivity contribution in [2.75, 3.05) is 0 Å². The lowest BCUT2D eigenvalue weighted by atomic mass is 9.42. The molecule has 0 saturated heterocycles. The lowest BCUT2D eigenvalue weighted by Crippen LogP contribution is -2.56. The molecule has 0 aromatic carbocycles. The zero-order chi connectivity index (χ0) is 22.6. The minimum Gasteiger partial charge on any atom is -0.393 e. The molecule has 0 aromatic rings. The van der Waals surface area contributed by atoms with Crippen LogP contribution in [0.1, 0.15) is 119 Å². The lowest BCUT2D eigenvalue weighted by Gasteiger charge is -2.63. The van der Waals surface area contributed by atoms with E-state index >= 15 is 0 Å². The second kappa shape index (κ2) is 8.96. The van der Waals surface area contributed by atoms with E-state index in [9.17, 15) is 5.11 Å². The minimum absolute atomic E-state index is 0.0230. The van der Waals surface area contributed by atoms with Crippen molar-refractivity contribution in [1.82, 2.24) is 0 Å². The molecule has 1 nitrogen and oxygen atoms in total. The predicted octanol–water partition coefficient (Wildman–Crippen LogP) is 8.35. The van der Waals surface area contributed by atoms with Crippen LogP contribution < -0.4 is 0 Å². The highest BCUT2D eigenvalue weighted by Gasteiger charge is 2.62. The summed E-state index contributed by atoms with van der Waals surface area (Å²) in [5.41, 5.74) is 1.10. The Morgan fingerprint density at radius 3 is 2.23 bits per heavy atom. The Morgan fingerprint density at radius 2 is 1.55 bits per heavy atom. The number of fused-ring (bicyclic) bond motifs is 5. The number of hydrogen-bond donors (Lipinski definition) is 1. The summed E-state index contributed by atoms with van der Waals surface area (Å²) in [7, 11) is 0. The van der Waals surface area contributed by atoms with Gasteiger partial charge in [-0.25, -0.2) is 0 Å². The average Bonchev–Trinajstić information content (AvgIpc) is 3.06. The molecule has 4 aliphatic rings. The van der Waals surface area contributed by atoms with Gasteiger partial charge in [0.15, 0.2) is 0 Å². The standard InChI is InChI=1S/C30H54O/c1-8-22(19(2)3)10-9-20(4)25-11-12-26-28-21(5)17-23-18-24(31)13-15-29(23,6)27(28)14-16-30(25,26)7/h19-28,31H,8-18H2,1-7H3/t20-,21?,22-,23-,24-,25-,26?,27?,28+,29+,30-/m1/s1. The quantitative estimate of drug-likeness (QED) is 0.449. The fourth-order valence-corrected chi connectivity index (χ4v) is 10.3. The van der Waals surface area contributed by atoms with Gasteiger partial charge in [-0.3, -0.25) is 0 Å². The van der Waals surface area contributed by atoms with E-state index in [2.05, 4.69) is 48.5 Å². The molecular weight excluding hydrogens is 376 g/mol. The Morgan fingerprint density at radius 1 is 0.871 bits per heavy atom. The first-order valence-corrected chi connectivity index (χ1v) is 14.3. The number of aliphatic hydroxyl groups is 1. The Kier molecular flexibility index (Phi) is 6.96. The summed E-state index contributed by atoms with van der Waals surface area (Å²) in [6, 6.07) is 0. The van der Waals surface area contributed by atoms with Crippen LogP contribution in [0, 0.1) is 64.1 Å². The van der Waals surface area contributed by atoms with Crippen LogP contribution in [-0.2, 0) is 0 Å². The van der Waals surface area contributed by atoms with Crippen molar-refractivity contribution in [2.24, 2.45) is 64.1 Å². The Bertz CT molecular complexity index is 612. The minimum atomic E-state index is -0.0230. The third kappa shape index (κ3) is 4.06. The summed E-state index contributed by atoms with van der Waals surface area (Å²) in [6.07, 6.45) is 15.0. The molecule has 180 valence electrons. The molecule has 4 saturated carbocycles. The normalized spacial score (nSPS) is 49.3.